The first-order valence-electron chi connectivity index (χ1n) is 5.05. The van der Waals surface area contributed by atoms with Gasteiger partial charge in [-0.1, -0.05) is 6.08 Å². The van der Waals surface area contributed by atoms with Crippen molar-refractivity contribution in [2.75, 3.05) is 6.54 Å². The van der Waals surface area contributed by atoms with Crippen molar-refractivity contribution in [1.82, 2.24) is 10.7 Å². The van der Waals surface area contributed by atoms with Gasteiger partial charge < -0.3 is 5.32 Å². The van der Waals surface area contributed by atoms with E-state index >= 15 is 0 Å². The number of thiocarbonyl (C=S) groups is 1. The Hall–Kier alpha value is -2.28. The van der Waals surface area contributed by atoms with E-state index < -0.39 is 4.92 Å². The van der Waals surface area contributed by atoms with Crippen LogP contribution in [0.15, 0.2) is 42.0 Å². The van der Waals surface area contributed by atoms with Gasteiger partial charge in [0.1, 0.15) is 0 Å². The number of hydrazone groups is 1. The Bertz CT molecular complexity index is 470. The smallest absolute Gasteiger partial charge is 0.269 e. The summed E-state index contributed by atoms with van der Waals surface area (Å²) in [5.74, 6) is 0. The highest BCUT2D eigenvalue weighted by atomic mass is 32.1. The topological polar surface area (TPSA) is 79.6 Å². The highest BCUT2D eigenvalue weighted by molar-refractivity contribution is 7.80. The molecule has 0 aliphatic rings. The van der Waals surface area contributed by atoms with Crippen LogP contribution in [-0.4, -0.2) is 22.8 Å². The Kier molecular flexibility index (Phi) is 5.46. The van der Waals surface area contributed by atoms with Gasteiger partial charge in [0.2, 0.25) is 0 Å². The van der Waals surface area contributed by atoms with Gasteiger partial charge in [-0.2, -0.15) is 5.10 Å². The molecule has 0 atom stereocenters. The molecule has 0 saturated carbocycles. The van der Waals surface area contributed by atoms with Crippen LogP contribution in [0.1, 0.15) is 5.56 Å². The maximum atomic E-state index is 10.4. The van der Waals surface area contributed by atoms with Gasteiger partial charge in [-0.25, -0.2) is 0 Å². The van der Waals surface area contributed by atoms with Crippen molar-refractivity contribution >= 4 is 29.2 Å². The minimum absolute atomic E-state index is 0.0447. The van der Waals surface area contributed by atoms with Crippen molar-refractivity contribution in [1.29, 1.82) is 0 Å². The highest BCUT2D eigenvalue weighted by Crippen LogP contribution is 2.10. The van der Waals surface area contributed by atoms with E-state index in [0.717, 1.165) is 5.56 Å². The maximum absolute atomic E-state index is 10.4. The van der Waals surface area contributed by atoms with E-state index in [9.17, 15) is 10.1 Å². The summed E-state index contributed by atoms with van der Waals surface area (Å²) in [5, 5.41) is 17.6. The molecule has 1 aromatic carbocycles. The van der Waals surface area contributed by atoms with Crippen molar-refractivity contribution in [2.24, 2.45) is 5.10 Å². The molecule has 0 unspecified atom stereocenters. The number of non-ortho nitro benzene ring substituents is 1. The zero-order valence-electron chi connectivity index (χ0n) is 9.50. The average Bonchev–Trinajstić information content (AvgIpc) is 2.37. The molecule has 0 heterocycles. The van der Waals surface area contributed by atoms with Crippen LogP contribution in [0.5, 0.6) is 0 Å². The van der Waals surface area contributed by atoms with Crippen LogP contribution < -0.4 is 10.7 Å². The quantitative estimate of drug-likeness (QED) is 0.277. The van der Waals surface area contributed by atoms with Gasteiger partial charge in [0.15, 0.2) is 5.11 Å². The Balaban J connectivity index is 2.49. The maximum Gasteiger partial charge on any atom is 0.269 e. The zero-order chi connectivity index (χ0) is 13.4. The van der Waals surface area contributed by atoms with Crippen LogP contribution in [0.3, 0.4) is 0 Å². The Morgan fingerprint density at radius 1 is 1.50 bits per heavy atom. The zero-order valence-corrected chi connectivity index (χ0v) is 10.3. The van der Waals surface area contributed by atoms with Crippen molar-refractivity contribution in [3.05, 3.63) is 52.6 Å². The molecule has 0 aromatic heterocycles. The molecule has 1 rings (SSSR count). The molecule has 0 aliphatic heterocycles. The van der Waals surface area contributed by atoms with Gasteiger partial charge in [-0.15, -0.1) is 6.58 Å². The lowest BCUT2D eigenvalue weighted by molar-refractivity contribution is -0.384. The fourth-order valence-corrected chi connectivity index (χ4v) is 1.19. The number of nitrogens with one attached hydrogen (secondary N) is 2. The first-order valence-corrected chi connectivity index (χ1v) is 5.46. The standard InChI is InChI=1S/C11H12N4O2S/c1-2-7-12-11(18)14-13-8-9-3-5-10(6-4-9)15(16)17/h2-6,8H,1,7H2,(H2,12,14,18)/b13-8+. The summed E-state index contributed by atoms with van der Waals surface area (Å²) < 4.78 is 0. The molecular weight excluding hydrogens is 252 g/mol. The first-order chi connectivity index (χ1) is 8.63. The van der Waals surface area contributed by atoms with Crippen LogP contribution in [0.2, 0.25) is 0 Å². The summed E-state index contributed by atoms with van der Waals surface area (Å²) in [4.78, 5) is 9.99. The Morgan fingerprint density at radius 3 is 2.72 bits per heavy atom. The van der Waals surface area contributed by atoms with Gasteiger partial charge in [0.25, 0.3) is 5.69 Å². The minimum Gasteiger partial charge on any atom is -0.358 e. The van der Waals surface area contributed by atoms with Crippen molar-refractivity contribution in [3.63, 3.8) is 0 Å². The normalized spacial score (nSPS) is 10.0. The van der Waals surface area contributed by atoms with Crippen molar-refractivity contribution in [2.45, 2.75) is 0 Å². The monoisotopic (exact) mass is 264 g/mol. The van der Waals surface area contributed by atoms with Gasteiger partial charge in [-0.05, 0) is 29.9 Å². The average molecular weight is 264 g/mol. The molecule has 0 saturated heterocycles. The number of rotatable bonds is 5. The molecule has 6 nitrogen and oxygen atoms in total. The largest absolute Gasteiger partial charge is 0.358 e. The first kappa shape index (κ1) is 13.8. The summed E-state index contributed by atoms with van der Waals surface area (Å²) in [6, 6.07) is 6.03. The minimum atomic E-state index is -0.451. The van der Waals surface area contributed by atoms with E-state index in [1.54, 1.807) is 18.2 Å². The van der Waals surface area contributed by atoms with Gasteiger partial charge >= 0.3 is 0 Å². The van der Waals surface area contributed by atoms with Crippen molar-refractivity contribution < 1.29 is 4.92 Å². The van der Waals surface area contributed by atoms with E-state index in [1.165, 1.54) is 18.3 Å². The van der Waals surface area contributed by atoms with Crippen molar-refractivity contribution in [3.8, 4) is 0 Å². The lowest BCUT2D eigenvalue weighted by atomic mass is 10.2. The molecule has 0 amide bonds. The predicted octanol–water partition coefficient (Wildman–Crippen LogP) is 1.58. The molecule has 18 heavy (non-hydrogen) atoms. The summed E-state index contributed by atoms with van der Waals surface area (Å²) >= 11 is 4.92. The lowest BCUT2D eigenvalue weighted by Gasteiger charge is -2.02. The van der Waals surface area contributed by atoms with Gasteiger partial charge in [0, 0.05) is 18.7 Å². The second kappa shape index (κ2) is 7.13. The number of benzene rings is 1. The number of nitro groups is 1. The molecule has 94 valence electrons. The van der Waals surface area contributed by atoms with Crippen LogP contribution in [0, 0.1) is 10.1 Å². The van der Waals surface area contributed by atoms with E-state index in [4.69, 9.17) is 12.2 Å². The Labute approximate surface area is 110 Å². The molecule has 7 heteroatoms. The number of hydrogen-bond acceptors (Lipinski definition) is 4. The van der Waals surface area contributed by atoms with Gasteiger partial charge in [0.05, 0.1) is 11.1 Å². The summed E-state index contributed by atoms with van der Waals surface area (Å²) in [6.07, 6.45) is 3.19. The van der Waals surface area contributed by atoms with Crippen LogP contribution in [0.4, 0.5) is 5.69 Å². The van der Waals surface area contributed by atoms with Gasteiger partial charge in [-0.3, -0.25) is 15.5 Å². The molecule has 0 spiro atoms. The fourth-order valence-electron chi connectivity index (χ4n) is 1.05. The Morgan fingerprint density at radius 2 is 2.17 bits per heavy atom. The van der Waals surface area contributed by atoms with E-state index in [0.29, 0.717) is 11.7 Å². The second-order valence-electron chi connectivity index (χ2n) is 3.22. The van der Waals surface area contributed by atoms with E-state index in [2.05, 4.69) is 22.4 Å². The summed E-state index contributed by atoms with van der Waals surface area (Å²) in [7, 11) is 0. The van der Waals surface area contributed by atoms with Crippen LogP contribution in [-0.2, 0) is 0 Å². The fraction of sp³-hybridized carbons (Fsp3) is 0.0909. The number of nitro benzene ring substituents is 1. The van der Waals surface area contributed by atoms with E-state index in [1.807, 2.05) is 0 Å². The molecule has 0 bridgehead atoms. The third-order valence-electron chi connectivity index (χ3n) is 1.89. The predicted molar refractivity (Wildman–Crippen MR) is 74.6 cm³/mol. The third-order valence-corrected chi connectivity index (χ3v) is 2.13. The van der Waals surface area contributed by atoms with Crippen LogP contribution in [0.25, 0.3) is 0 Å². The number of hydrogen-bond donors (Lipinski definition) is 2. The lowest BCUT2D eigenvalue weighted by Crippen LogP contribution is -2.31. The molecule has 1 aromatic rings. The summed E-state index contributed by atoms with van der Waals surface area (Å²) in [6.45, 7) is 4.09. The molecule has 0 radical (unpaired) electrons. The molecule has 2 N–H and O–H groups in total. The van der Waals surface area contributed by atoms with E-state index in [-0.39, 0.29) is 5.69 Å². The second-order valence-corrected chi connectivity index (χ2v) is 3.63. The third kappa shape index (κ3) is 4.71. The molecule has 0 fully saturated rings. The molecular formula is C11H12N4O2S. The SMILES string of the molecule is C=CCNC(=S)N/N=C/c1ccc([N+](=O)[O-])cc1. The molecule has 0 aliphatic carbocycles. The highest BCUT2D eigenvalue weighted by Gasteiger charge is 2.02. The number of nitrogens with zero attached hydrogens (tertiary/aromatic N) is 2. The van der Waals surface area contributed by atoms with Crippen LogP contribution >= 0.6 is 12.2 Å². The summed E-state index contributed by atoms with van der Waals surface area (Å²) in [5.41, 5.74) is 3.39.